The second kappa shape index (κ2) is 11.8. The van der Waals surface area contributed by atoms with Gasteiger partial charge in [-0.05, 0) is 41.5 Å². The lowest BCUT2D eigenvalue weighted by Crippen LogP contribution is -1.98. The summed E-state index contributed by atoms with van der Waals surface area (Å²) in [4.78, 5) is 12.9. The van der Waals surface area contributed by atoms with Gasteiger partial charge in [-0.2, -0.15) is 0 Å². The number of aromatic nitrogens is 1. The van der Waals surface area contributed by atoms with Crippen LogP contribution in [-0.2, 0) is 7.05 Å². The van der Waals surface area contributed by atoms with Gasteiger partial charge < -0.3 is 28.8 Å². The molecule has 196 valence electrons. The zero-order valence-corrected chi connectivity index (χ0v) is 22.6. The normalized spacial score (nSPS) is 11.3. The predicted molar refractivity (Wildman–Crippen MR) is 153 cm³/mol. The van der Waals surface area contributed by atoms with E-state index in [1.54, 1.807) is 40.7 Å². The quantitative estimate of drug-likeness (QED) is 0.137. The first-order valence-corrected chi connectivity index (χ1v) is 12.1. The van der Waals surface area contributed by atoms with Gasteiger partial charge in [0.1, 0.15) is 0 Å². The van der Waals surface area contributed by atoms with Gasteiger partial charge in [0.2, 0.25) is 5.75 Å². The van der Waals surface area contributed by atoms with Gasteiger partial charge in [-0.3, -0.25) is 4.79 Å². The van der Waals surface area contributed by atoms with Crippen molar-refractivity contribution in [1.82, 2.24) is 4.57 Å². The van der Waals surface area contributed by atoms with Crippen molar-refractivity contribution in [2.45, 2.75) is 0 Å². The molecule has 4 rings (SSSR count). The monoisotopic (exact) mass is 532 g/mol. The molecule has 0 aliphatic heterocycles. The van der Waals surface area contributed by atoms with Crippen molar-refractivity contribution in [3.63, 3.8) is 0 Å². The molecular formula is C30H29ClN2O5. The largest absolute Gasteiger partial charge is 0.493 e. The number of ether oxygens (including phenoxy) is 4. The van der Waals surface area contributed by atoms with Crippen LogP contribution >= 0.6 is 11.6 Å². The fourth-order valence-electron chi connectivity index (χ4n) is 4.25. The van der Waals surface area contributed by atoms with Crippen LogP contribution in [0.3, 0.4) is 0 Å². The molecule has 0 aliphatic rings. The van der Waals surface area contributed by atoms with Gasteiger partial charge in [0.25, 0.3) is 0 Å². The maximum Gasteiger partial charge on any atom is 0.203 e. The van der Waals surface area contributed by atoms with Crippen LogP contribution in [0.1, 0.15) is 21.5 Å². The smallest absolute Gasteiger partial charge is 0.203 e. The van der Waals surface area contributed by atoms with Crippen molar-refractivity contribution in [3.05, 3.63) is 88.7 Å². The average molecular weight is 533 g/mol. The van der Waals surface area contributed by atoms with Crippen LogP contribution in [0.15, 0.2) is 67.0 Å². The van der Waals surface area contributed by atoms with E-state index in [-0.39, 0.29) is 5.78 Å². The van der Waals surface area contributed by atoms with Crippen molar-refractivity contribution in [1.29, 1.82) is 0 Å². The molecule has 0 fully saturated rings. The Kier molecular flexibility index (Phi) is 8.28. The molecule has 3 aromatic carbocycles. The summed E-state index contributed by atoms with van der Waals surface area (Å²) in [6.45, 7) is 0. The third kappa shape index (κ3) is 5.48. The fraction of sp³-hybridized carbons (Fsp3) is 0.167. The molecular weight excluding hydrogens is 504 g/mol. The Morgan fingerprint density at radius 2 is 1.50 bits per heavy atom. The molecule has 0 spiro atoms. The molecule has 1 aromatic heterocycles. The number of fused-ring (bicyclic) bond motifs is 1. The van der Waals surface area contributed by atoms with E-state index in [2.05, 4.69) is 5.32 Å². The highest BCUT2D eigenvalue weighted by molar-refractivity contribution is 6.32. The molecule has 0 aliphatic carbocycles. The molecule has 7 nitrogen and oxygen atoms in total. The minimum Gasteiger partial charge on any atom is -0.493 e. The van der Waals surface area contributed by atoms with E-state index in [0.29, 0.717) is 39.3 Å². The maximum absolute atomic E-state index is 12.9. The molecule has 1 N–H and O–H groups in total. The van der Waals surface area contributed by atoms with E-state index in [1.165, 1.54) is 6.08 Å². The number of ketones is 1. The van der Waals surface area contributed by atoms with Gasteiger partial charge in [0, 0.05) is 42.0 Å². The summed E-state index contributed by atoms with van der Waals surface area (Å²) in [7, 11) is 8.18. The molecule has 0 radical (unpaired) electrons. The van der Waals surface area contributed by atoms with E-state index < -0.39 is 0 Å². The van der Waals surface area contributed by atoms with Crippen LogP contribution in [0.5, 0.6) is 23.0 Å². The number of nitrogens with one attached hydrogen (secondary N) is 1. The number of nitrogens with zero attached hydrogens (tertiary/aromatic N) is 1. The SMILES string of the molecule is COc1cc(/C=C\c2cc(Cl)c(OC)c(N/C=C\C(=O)c3cn(C)c4ccccc34)c2)cc(OC)c1OC. The minimum atomic E-state index is -0.113. The molecule has 8 heteroatoms. The van der Waals surface area contributed by atoms with Crippen molar-refractivity contribution < 1.29 is 23.7 Å². The Morgan fingerprint density at radius 3 is 2.13 bits per heavy atom. The first kappa shape index (κ1) is 26.7. The zero-order chi connectivity index (χ0) is 27.2. The van der Waals surface area contributed by atoms with Crippen molar-refractivity contribution in [2.75, 3.05) is 33.8 Å². The second-order valence-corrected chi connectivity index (χ2v) is 8.80. The summed E-state index contributed by atoms with van der Waals surface area (Å²) < 4.78 is 23.7. The number of hydrogen-bond donors (Lipinski definition) is 1. The Balaban J connectivity index is 1.58. The number of carbonyl (C=O) groups is 1. The minimum absolute atomic E-state index is 0.113. The lowest BCUT2D eigenvalue weighted by Gasteiger charge is -2.13. The Morgan fingerprint density at radius 1 is 0.868 bits per heavy atom. The third-order valence-electron chi connectivity index (χ3n) is 6.06. The first-order valence-electron chi connectivity index (χ1n) is 11.8. The van der Waals surface area contributed by atoms with Gasteiger partial charge in [0.05, 0.1) is 39.1 Å². The number of allylic oxidation sites excluding steroid dienone is 1. The molecule has 38 heavy (non-hydrogen) atoms. The van der Waals surface area contributed by atoms with Gasteiger partial charge in [-0.25, -0.2) is 0 Å². The maximum atomic E-state index is 12.9. The fourth-order valence-corrected chi connectivity index (χ4v) is 4.56. The average Bonchev–Trinajstić information content (AvgIpc) is 3.27. The lowest BCUT2D eigenvalue weighted by molar-refractivity contribution is 0.104. The Hall–Kier alpha value is -4.36. The molecule has 4 aromatic rings. The molecule has 0 saturated carbocycles. The molecule has 0 bridgehead atoms. The number of anilines is 1. The number of methoxy groups -OCH3 is 4. The van der Waals surface area contributed by atoms with Crippen LogP contribution in [-0.4, -0.2) is 38.8 Å². The molecule has 1 heterocycles. The number of rotatable bonds is 10. The van der Waals surface area contributed by atoms with Crippen LogP contribution < -0.4 is 24.3 Å². The third-order valence-corrected chi connectivity index (χ3v) is 6.34. The van der Waals surface area contributed by atoms with E-state index in [9.17, 15) is 4.79 Å². The second-order valence-electron chi connectivity index (χ2n) is 8.39. The number of halogens is 1. The number of carbonyl (C=O) groups excluding carboxylic acids is 1. The van der Waals surface area contributed by atoms with E-state index in [1.807, 2.05) is 72.4 Å². The highest BCUT2D eigenvalue weighted by Crippen LogP contribution is 2.39. The number of benzene rings is 3. The molecule has 0 saturated heterocycles. The van der Waals surface area contributed by atoms with Crippen LogP contribution in [0.4, 0.5) is 5.69 Å². The Labute approximate surface area is 226 Å². The molecule has 0 atom stereocenters. The van der Waals surface area contributed by atoms with E-state index in [4.69, 9.17) is 30.5 Å². The summed E-state index contributed by atoms with van der Waals surface area (Å²) in [5, 5.41) is 4.48. The van der Waals surface area contributed by atoms with Crippen LogP contribution in [0.2, 0.25) is 5.02 Å². The summed E-state index contributed by atoms with van der Waals surface area (Å²) in [6.07, 6.45) is 8.73. The van der Waals surface area contributed by atoms with Crippen molar-refractivity contribution in [3.8, 4) is 23.0 Å². The number of aryl methyl sites for hydroxylation is 1. The highest BCUT2D eigenvalue weighted by atomic mass is 35.5. The standard InChI is InChI=1S/C30H29ClN2O5/c1-33-18-22(21-8-6-7-9-25(21)33)26(34)12-13-32-24-15-19(14-23(31)29(24)37-4)10-11-20-16-27(35-2)30(38-5)28(17-20)36-3/h6-18,32H,1-5H3/b11-10-,13-12-. The zero-order valence-electron chi connectivity index (χ0n) is 21.9. The predicted octanol–water partition coefficient (Wildman–Crippen LogP) is 6.85. The lowest BCUT2D eigenvalue weighted by atomic mass is 10.1. The van der Waals surface area contributed by atoms with Crippen LogP contribution in [0, 0.1) is 0 Å². The van der Waals surface area contributed by atoms with Crippen LogP contribution in [0.25, 0.3) is 23.1 Å². The van der Waals surface area contributed by atoms with Gasteiger partial charge >= 0.3 is 0 Å². The van der Waals surface area contributed by atoms with Crippen molar-refractivity contribution in [2.24, 2.45) is 7.05 Å². The summed E-state index contributed by atoms with van der Waals surface area (Å²) in [5.41, 5.74) is 3.92. The summed E-state index contributed by atoms with van der Waals surface area (Å²) in [5.74, 6) is 2.00. The van der Waals surface area contributed by atoms with Gasteiger partial charge in [0.15, 0.2) is 23.0 Å². The number of hydrogen-bond acceptors (Lipinski definition) is 6. The van der Waals surface area contributed by atoms with Crippen molar-refractivity contribution >= 4 is 46.1 Å². The van der Waals surface area contributed by atoms with Gasteiger partial charge in [-0.15, -0.1) is 0 Å². The van der Waals surface area contributed by atoms with Gasteiger partial charge in [-0.1, -0.05) is 42.0 Å². The summed E-state index contributed by atoms with van der Waals surface area (Å²) in [6, 6.07) is 15.2. The Bertz CT molecular complexity index is 1510. The highest BCUT2D eigenvalue weighted by Gasteiger charge is 2.14. The molecule has 0 unspecified atom stereocenters. The first-order chi connectivity index (χ1) is 18.4. The number of para-hydroxylation sites is 1. The van der Waals surface area contributed by atoms with E-state index >= 15 is 0 Å². The topological polar surface area (TPSA) is 71.0 Å². The molecule has 0 amide bonds. The summed E-state index contributed by atoms with van der Waals surface area (Å²) >= 11 is 6.51. The van der Waals surface area contributed by atoms with E-state index in [0.717, 1.165) is 22.0 Å².